The first-order valence-electron chi connectivity index (χ1n) is 5.28. The molecule has 0 bridgehead atoms. The monoisotopic (exact) mass is 193 g/mol. The molecule has 1 aromatic heterocycles. The zero-order valence-electron chi connectivity index (χ0n) is 8.20. The highest BCUT2D eigenvalue weighted by atomic mass is 16.5. The summed E-state index contributed by atoms with van der Waals surface area (Å²) in [6.45, 7) is 4.78. The van der Waals surface area contributed by atoms with Crippen molar-refractivity contribution >= 4 is 0 Å². The van der Waals surface area contributed by atoms with Gasteiger partial charge >= 0.3 is 0 Å². The second-order valence-corrected chi connectivity index (χ2v) is 4.01. The standard InChI is InChI=1S/C10H15N3O/c1-4-14-7-8(1)9-5-12-13-3-2-11-6-10(9)13/h5,8,11H,1-4,6-7H2/t8-/m1/s1. The molecule has 1 aromatic rings. The molecule has 0 unspecified atom stereocenters. The van der Waals surface area contributed by atoms with Gasteiger partial charge in [0.25, 0.3) is 0 Å². The normalized spacial score (nSPS) is 26.4. The van der Waals surface area contributed by atoms with Crippen molar-refractivity contribution in [2.24, 2.45) is 0 Å². The van der Waals surface area contributed by atoms with E-state index in [0.717, 1.165) is 39.3 Å². The fourth-order valence-corrected chi connectivity index (χ4v) is 2.32. The Labute approximate surface area is 83.2 Å². The predicted molar refractivity (Wildman–Crippen MR) is 52.1 cm³/mol. The van der Waals surface area contributed by atoms with Crippen LogP contribution in [0, 0.1) is 0 Å². The fourth-order valence-electron chi connectivity index (χ4n) is 2.32. The summed E-state index contributed by atoms with van der Waals surface area (Å²) < 4.78 is 7.54. The van der Waals surface area contributed by atoms with Crippen molar-refractivity contribution in [2.45, 2.75) is 25.4 Å². The summed E-state index contributed by atoms with van der Waals surface area (Å²) in [6.07, 6.45) is 3.18. The third-order valence-electron chi connectivity index (χ3n) is 3.14. The number of hydrogen-bond acceptors (Lipinski definition) is 3. The van der Waals surface area contributed by atoms with Crippen LogP contribution in [0.3, 0.4) is 0 Å². The number of fused-ring (bicyclic) bond motifs is 1. The number of hydrogen-bond donors (Lipinski definition) is 1. The zero-order valence-corrected chi connectivity index (χ0v) is 8.20. The topological polar surface area (TPSA) is 39.1 Å². The second-order valence-electron chi connectivity index (χ2n) is 4.01. The smallest absolute Gasteiger partial charge is 0.0558 e. The summed E-state index contributed by atoms with van der Waals surface area (Å²) in [4.78, 5) is 0. The Bertz CT molecular complexity index is 328. The molecule has 3 rings (SSSR count). The largest absolute Gasteiger partial charge is 0.381 e. The number of aromatic nitrogens is 2. The van der Waals surface area contributed by atoms with Crippen LogP contribution >= 0.6 is 0 Å². The van der Waals surface area contributed by atoms with Crippen LogP contribution in [0.15, 0.2) is 6.20 Å². The first-order chi connectivity index (χ1) is 6.95. The molecule has 2 aliphatic heterocycles. The van der Waals surface area contributed by atoms with E-state index in [2.05, 4.69) is 15.1 Å². The van der Waals surface area contributed by atoms with Crippen LogP contribution in [0.2, 0.25) is 0 Å². The maximum Gasteiger partial charge on any atom is 0.0558 e. The lowest BCUT2D eigenvalue weighted by molar-refractivity contribution is 0.193. The van der Waals surface area contributed by atoms with Crippen molar-refractivity contribution in [1.29, 1.82) is 0 Å². The van der Waals surface area contributed by atoms with Crippen molar-refractivity contribution in [3.8, 4) is 0 Å². The van der Waals surface area contributed by atoms with Crippen LogP contribution in [-0.4, -0.2) is 29.5 Å². The van der Waals surface area contributed by atoms with E-state index in [-0.39, 0.29) is 0 Å². The summed E-state index contributed by atoms with van der Waals surface area (Å²) in [5.41, 5.74) is 2.77. The third kappa shape index (κ3) is 1.26. The number of nitrogens with one attached hydrogen (secondary N) is 1. The molecular weight excluding hydrogens is 178 g/mol. The van der Waals surface area contributed by atoms with Gasteiger partial charge in [0.05, 0.1) is 25.0 Å². The van der Waals surface area contributed by atoms with E-state index in [1.807, 2.05) is 6.20 Å². The fraction of sp³-hybridized carbons (Fsp3) is 0.700. The van der Waals surface area contributed by atoms with E-state index in [1.165, 1.54) is 11.3 Å². The third-order valence-corrected chi connectivity index (χ3v) is 3.14. The van der Waals surface area contributed by atoms with E-state index in [0.29, 0.717) is 5.92 Å². The minimum atomic E-state index is 0.582. The molecule has 0 radical (unpaired) electrons. The zero-order chi connectivity index (χ0) is 9.38. The van der Waals surface area contributed by atoms with Gasteiger partial charge in [-0.3, -0.25) is 4.68 Å². The molecule has 1 atom stereocenters. The van der Waals surface area contributed by atoms with Gasteiger partial charge in [-0.05, 0) is 6.42 Å². The molecule has 0 saturated carbocycles. The second kappa shape index (κ2) is 3.37. The minimum absolute atomic E-state index is 0.582. The van der Waals surface area contributed by atoms with Crippen LogP contribution in [0.5, 0.6) is 0 Å². The van der Waals surface area contributed by atoms with Gasteiger partial charge in [0.15, 0.2) is 0 Å². The molecule has 1 N–H and O–H groups in total. The number of ether oxygens (including phenoxy) is 1. The molecule has 0 amide bonds. The molecule has 4 heteroatoms. The van der Waals surface area contributed by atoms with Crippen molar-refractivity contribution in [2.75, 3.05) is 19.8 Å². The van der Waals surface area contributed by atoms with Crippen LogP contribution in [0.4, 0.5) is 0 Å². The molecule has 2 aliphatic rings. The quantitative estimate of drug-likeness (QED) is 0.705. The van der Waals surface area contributed by atoms with E-state index in [9.17, 15) is 0 Å². The number of rotatable bonds is 1. The van der Waals surface area contributed by atoms with Crippen molar-refractivity contribution in [1.82, 2.24) is 15.1 Å². The van der Waals surface area contributed by atoms with Crippen molar-refractivity contribution in [3.05, 3.63) is 17.5 Å². The molecule has 1 fully saturated rings. The van der Waals surface area contributed by atoms with Gasteiger partial charge in [0, 0.05) is 31.2 Å². The van der Waals surface area contributed by atoms with Crippen LogP contribution in [0.25, 0.3) is 0 Å². The van der Waals surface area contributed by atoms with E-state index < -0.39 is 0 Å². The summed E-state index contributed by atoms with van der Waals surface area (Å²) in [6, 6.07) is 0. The summed E-state index contributed by atoms with van der Waals surface area (Å²) >= 11 is 0. The molecule has 0 aromatic carbocycles. The average molecular weight is 193 g/mol. The Morgan fingerprint density at radius 3 is 3.43 bits per heavy atom. The summed E-state index contributed by atoms with van der Waals surface area (Å²) in [7, 11) is 0. The molecule has 3 heterocycles. The van der Waals surface area contributed by atoms with Crippen molar-refractivity contribution in [3.63, 3.8) is 0 Å². The van der Waals surface area contributed by atoms with Crippen LogP contribution in [-0.2, 0) is 17.8 Å². The van der Waals surface area contributed by atoms with Gasteiger partial charge in [0.2, 0.25) is 0 Å². The highest BCUT2D eigenvalue weighted by molar-refractivity contribution is 5.24. The molecular formula is C10H15N3O. The summed E-state index contributed by atoms with van der Waals surface area (Å²) in [5.74, 6) is 0.582. The Kier molecular flexibility index (Phi) is 2.03. The van der Waals surface area contributed by atoms with Crippen LogP contribution in [0.1, 0.15) is 23.6 Å². The highest BCUT2D eigenvalue weighted by Gasteiger charge is 2.24. The van der Waals surface area contributed by atoms with Gasteiger partial charge in [-0.25, -0.2) is 0 Å². The van der Waals surface area contributed by atoms with E-state index >= 15 is 0 Å². The van der Waals surface area contributed by atoms with Gasteiger partial charge < -0.3 is 10.1 Å². The van der Waals surface area contributed by atoms with Gasteiger partial charge in [-0.15, -0.1) is 0 Å². The number of nitrogens with zero attached hydrogens (tertiary/aromatic N) is 2. The predicted octanol–water partition coefficient (Wildman–Crippen LogP) is 0.490. The first-order valence-corrected chi connectivity index (χ1v) is 5.28. The molecule has 4 nitrogen and oxygen atoms in total. The Hall–Kier alpha value is -0.870. The lowest BCUT2D eigenvalue weighted by atomic mass is 9.99. The SMILES string of the molecule is c1nn2c(c1[C@@H]1CCOC1)CNCC2. The lowest BCUT2D eigenvalue weighted by Gasteiger charge is -2.17. The Morgan fingerprint density at radius 1 is 1.57 bits per heavy atom. The Balaban J connectivity index is 1.93. The minimum Gasteiger partial charge on any atom is -0.381 e. The first kappa shape index (κ1) is 8.44. The molecule has 14 heavy (non-hydrogen) atoms. The Morgan fingerprint density at radius 2 is 2.57 bits per heavy atom. The molecule has 0 spiro atoms. The van der Waals surface area contributed by atoms with Gasteiger partial charge in [-0.1, -0.05) is 0 Å². The molecule has 76 valence electrons. The van der Waals surface area contributed by atoms with Gasteiger partial charge in [0.1, 0.15) is 0 Å². The molecule has 1 saturated heterocycles. The van der Waals surface area contributed by atoms with E-state index in [1.54, 1.807) is 0 Å². The van der Waals surface area contributed by atoms with Gasteiger partial charge in [-0.2, -0.15) is 5.10 Å². The highest BCUT2D eigenvalue weighted by Crippen LogP contribution is 2.28. The maximum atomic E-state index is 5.41. The molecule has 0 aliphatic carbocycles. The average Bonchev–Trinajstić information content (AvgIpc) is 2.85. The van der Waals surface area contributed by atoms with Crippen LogP contribution < -0.4 is 5.32 Å². The summed E-state index contributed by atoms with van der Waals surface area (Å²) in [5, 5.41) is 7.81. The van der Waals surface area contributed by atoms with E-state index in [4.69, 9.17) is 4.74 Å². The maximum absolute atomic E-state index is 5.41. The lowest BCUT2D eigenvalue weighted by Crippen LogP contribution is -2.29. The van der Waals surface area contributed by atoms with Crippen molar-refractivity contribution < 1.29 is 4.74 Å².